The van der Waals surface area contributed by atoms with Gasteiger partial charge in [0.25, 0.3) is 0 Å². The summed E-state index contributed by atoms with van der Waals surface area (Å²) >= 11 is 0. The number of benzene rings is 1. The molecule has 0 aliphatic rings. The van der Waals surface area contributed by atoms with E-state index in [4.69, 9.17) is 4.74 Å². The van der Waals surface area contributed by atoms with Crippen molar-refractivity contribution in [3.8, 4) is 5.75 Å². The zero-order valence-electron chi connectivity index (χ0n) is 10.4. The van der Waals surface area contributed by atoms with Crippen LogP contribution in [0.4, 0.5) is 5.69 Å². The second-order valence-electron chi connectivity index (χ2n) is 4.19. The van der Waals surface area contributed by atoms with Crippen LogP contribution in [0.1, 0.15) is 19.4 Å². The average Bonchev–Trinajstić information content (AvgIpc) is 2.23. The quantitative estimate of drug-likeness (QED) is 0.469. The minimum atomic E-state index is -0.426. The molecule has 0 saturated heterocycles. The van der Waals surface area contributed by atoms with E-state index in [-0.39, 0.29) is 5.69 Å². The average molecular weight is 238 g/mol. The van der Waals surface area contributed by atoms with Gasteiger partial charge in [-0.2, -0.15) is 0 Å². The molecule has 0 amide bonds. The SMILES string of the molecule is Cc1ccc([N+](=O)[O-])c(OCCNC(C)C)c1. The molecule has 94 valence electrons. The topological polar surface area (TPSA) is 64.4 Å². The van der Waals surface area contributed by atoms with Crippen LogP contribution in [0, 0.1) is 17.0 Å². The Morgan fingerprint density at radius 3 is 2.76 bits per heavy atom. The molecule has 0 atom stereocenters. The van der Waals surface area contributed by atoms with Crippen molar-refractivity contribution in [3.05, 3.63) is 33.9 Å². The van der Waals surface area contributed by atoms with Crippen LogP contribution in [-0.2, 0) is 0 Å². The molecule has 0 aromatic heterocycles. The second-order valence-corrected chi connectivity index (χ2v) is 4.19. The van der Waals surface area contributed by atoms with E-state index in [1.54, 1.807) is 12.1 Å². The van der Waals surface area contributed by atoms with Gasteiger partial charge in [0, 0.05) is 18.7 Å². The van der Waals surface area contributed by atoms with Crippen molar-refractivity contribution in [1.29, 1.82) is 0 Å². The van der Waals surface area contributed by atoms with Gasteiger partial charge < -0.3 is 10.1 Å². The highest BCUT2D eigenvalue weighted by Crippen LogP contribution is 2.27. The highest BCUT2D eigenvalue weighted by atomic mass is 16.6. The van der Waals surface area contributed by atoms with E-state index in [1.165, 1.54) is 6.07 Å². The highest BCUT2D eigenvalue weighted by Gasteiger charge is 2.14. The van der Waals surface area contributed by atoms with Gasteiger partial charge in [-0.3, -0.25) is 10.1 Å². The minimum absolute atomic E-state index is 0.0140. The minimum Gasteiger partial charge on any atom is -0.485 e. The number of aryl methyl sites for hydroxylation is 1. The molecule has 5 heteroatoms. The Morgan fingerprint density at radius 2 is 2.18 bits per heavy atom. The second kappa shape index (κ2) is 6.20. The summed E-state index contributed by atoms with van der Waals surface area (Å²) in [6, 6.07) is 5.25. The molecule has 5 nitrogen and oxygen atoms in total. The normalized spacial score (nSPS) is 10.6. The first-order valence-electron chi connectivity index (χ1n) is 5.62. The monoisotopic (exact) mass is 238 g/mol. The van der Waals surface area contributed by atoms with E-state index >= 15 is 0 Å². The Kier molecular flexibility index (Phi) is 4.90. The van der Waals surface area contributed by atoms with Gasteiger partial charge in [-0.05, 0) is 18.6 Å². The maximum absolute atomic E-state index is 10.8. The number of hydrogen-bond donors (Lipinski definition) is 1. The number of nitro benzene ring substituents is 1. The molecule has 17 heavy (non-hydrogen) atoms. The van der Waals surface area contributed by atoms with Crippen molar-refractivity contribution >= 4 is 5.69 Å². The lowest BCUT2D eigenvalue weighted by molar-refractivity contribution is -0.385. The molecule has 1 aromatic rings. The van der Waals surface area contributed by atoms with E-state index in [0.29, 0.717) is 24.9 Å². The van der Waals surface area contributed by atoms with Crippen molar-refractivity contribution in [2.24, 2.45) is 0 Å². The van der Waals surface area contributed by atoms with Crippen molar-refractivity contribution in [2.45, 2.75) is 26.8 Å². The third-order valence-electron chi connectivity index (χ3n) is 2.22. The largest absolute Gasteiger partial charge is 0.485 e. The van der Waals surface area contributed by atoms with Crippen LogP contribution in [0.3, 0.4) is 0 Å². The highest BCUT2D eigenvalue weighted by molar-refractivity contribution is 5.48. The summed E-state index contributed by atoms with van der Waals surface area (Å²) in [7, 11) is 0. The number of hydrogen-bond acceptors (Lipinski definition) is 4. The number of ether oxygens (including phenoxy) is 1. The van der Waals surface area contributed by atoms with Crippen LogP contribution in [0.15, 0.2) is 18.2 Å². The fraction of sp³-hybridized carbons (Fsp3) is 0.500. The van der Waals surface area contributed by atoms with E-state index in [9.17, 15) is 10.1 Å². The number of rotatable bonds is 6. The zero-order valence-corrected chi connectivity index (χ0v) is 10.4. The van der Waals surface area contributed by atoms with Gasteiger partial charge in [-0.1, -0.05) is 19.9 Å². The van der Waals surface area contributed by atoms with Gasteiger partial charge in [-0.15, -0.1) is 0 Å². The Hall–Kier alpha value is -1.62. The molecule has 0 spiro atoms. The summed E-state index contributed by atoms with van der Waals surface area (Å²) in [6.07, 6.45) is 0. The van der Waals surface area contributed by atoms with Gasteiger partial charge in [-0.25, -0.2) is 0 Å². The first-order chi connectivity index (χ1) is 8.00. The predicted octanol–water partition coefficient (Wildman–Crippen LogP) is 2.28. The van der Waals surface area contributed by atoms with Crippen LogP contribution in [0.25, 0.3) is 0 Å². The third kappa shape index (κ3) is 4.40. The first kappa shape index (κ1) is 13.4. The summed E-state index contributed by atoms with van der Waals surface area (Å²) in [5, 5.41) is 14.0. The molecular weight excluding hydrogens is 220 g/mol. The van der Waals surface area contributed by atoms with Gasteiger partial charge in [0.2, 0.25) is 0 Å². The molecule has 1 aromatic carbocycles. The maximum Gasteiger partial charge on any atom is 0.310 e. The molecule has 0 aliphatic heterocycles. The molecular formula is C12H18N2O3. The number of nitrogens with zero attached hydrogens (tertiary/aromatic N) is 1. The molecule has 1 rings (SSSR count). The summed E-state index contributed by atoms with van der Waals surface area (Å²) in [5.74, 6) is 0.334. The van der Waals surface area contributed by atoms with Crippen molar-refractivity contribution in [1.82, 2.24) is 5.32 Å². The first-order valence-corrected chi connectivity index (χ1v) is 5.62. The maximum atomic E-state index is 10.8. The number of nitrogens with one attached hydrogen (secondary N) is 1. The van der Waals surface area contributed by atoms with Crippen LogP contribution < -0.4 is 10.1 Å². The van der Waals surface area contributed by atoms with Gasteiger partial charge in [0.15, 0.2) is 5.75 Å². The van der Waals surface area contributed by atoms with E-state index in [0.717, 1.165) is 5.56 Å². The smallest absolute Gasteiger partial charge is 0.310 e. The summed E-state index contributed by atoms with van der Waals surface area (Å²) < 4.78 is 5.43. The van der Waals surface area contributed by atoms with E-state index < -0.39 is 4.92 Å². The molecule has 1 N–H and O–H groups in total. The predicted molar refractivity (Wildman–Crippen MR) is 66.5 cm³/mol. The molecule has 0 unspecified atom stereocenters. The summed E-state index contributed by atoms with van der Waals surface area (Å²) in [5.41, 5.74) is 0.961. The zero-order chi connectivity index (χ0) is 12.8. The molecule has 0 fully saturated rings. The third-order valence-corrected chi connectivity index (χ3v) is 2.22. The van der Waals surface area contributed by atoms with E-state index in [1.807, 2.05) is 20.8 Å². The fourth-order valence-corrected chi connectivity index (χ4v) is 1.40. The van der Waals surface area contributed by atoms with Crippen LogP contribution >= 0.6 is 0 Å². The Balaban J connectivity index is 2.62. The van der Waals surface area contributed by atoms with Crippen LogP contribution in [0.5, 0.6) is 5.75 Å². The standard InChI is InChI=1S/C12H18N2O3/c1-9(2)13-6-7-17-12-8-10(3)4-5-11(12)14(15)16/h4-5,8-9,13H,6-7H2,1-3H3. The molecule has 0 heterocycles. The lowest BCUT2D eigenvalue weighted by Gasteiger charge is -2.10. The summed E-state index contributed by atoms with van der Waals surface area (Å²) in [6.45, 7) is 7.04. The Morgan fingerprint density at radius 1 is 1.47 bits per heavy atom. The van der Waals surface area contributed by atoms with Gasteiger partial charge >= 0.3 is 5.69 Å². The summed E-state index contributed by atoms with van der Waals surface area (Å²) in [4.78, 5) is 10.4. The fourth-order valence-electron chi connectivity index (χ4n) is 1.40. The molecule has 0 bridgehead atoms. The Labute approximate surface area is 101 Å². The van der Waals surface area contributed by atoms with Crippen molar-refractivity contribution < 1.29 is 9.66 Å². The van der Waals surface area contributed by atoms with Crippen molar-refractivity contribution in [3.63, 3.8) is 0 Å². The molecule has 0 aliphatic carbocycles. The van der Waals surface area contributed by atoms with Crippen molar-refractivity contribution in [2.75, 3.05) is 13.2 Å². The lowest BCUT2D eigenvalue weighted by Crippen LogP contribution is -2.27. The number of nitro groups is 1. The van der Waals surface area contributed by atoms with Crippen LogP contribution in [-0.4, -0.2) is 24.1 Å². The molecule has 0 radical (unpaired) electrons. The van der Waals surface area contributed by atoms with E-state index in [2.05, 4.69) is 5.32 Å². The lowest BCUT2D eigenvalue weighted by atomic mass is 10.2. The van der Waals surface area contributed by atoms with Gasteiger partial charge in [0.1, 0.15) is 6.61 Å². The Bertz CT molecular complexity index is 391. The van der Waals surface area contributed by atoms with Crippen LogP contribution in [0.2, 0.25) is 0 Å². The molecule has 0 saturated carbocycles. The van der Waals surface area contributed by atoms with Gasteiger partial charge in [0.05, 0.1) is 4.92 Å².